The van der Waals surface area contributed by atoms with Crippen molar-refractivity contribution in [1.82, 2.24) is 19.5 Å². The average Bonchev–Trinajstić information content (AvgIpc) is 3.22. The van der Waals surface area contributed by atoms with Crippen LogP contribution < -0.4 is 14.2 Å². The van der Waals surface area contributed by atoms with E-state index in [4.69, 9.17) is 9.47 Å². The summed E-state index contributed by atoms with van der Waals surface area (Å²) in [4.78, 5) is 13.2. The Bertz CT molecular complexity index is 1450. The van der Waals surface area contributed by atoms with Crippen LogP contribution in [0.15, 0.2) is 59.8 Å². The fourth-order valence-electron chi connectivity index (χ4n) is 3.53. The van der Waals surface area contributed by atoms with E-state index in [1.54, 1.807) is 63.6 Å². The smallest absolute Gasteiger partial charge is 0.262 e. The molecule has 0 spiro atoms. The Labute approximate surface area is 198 Å². The molecular weight excluding hydrogens is 454 g/mol. The van der Waals surface area contributed by atoms with Crippen LogP contribution in [0.1, 0.15) is 22.8 Å². The second-order valence-electron chi connectivity index (χ2n) is 7.70. The minimum absolute atomic E-state index is 0.199. The standard InChI is InChI=1S/C24H25N5O4S/c1-15-16(2)22(11-10-21(15)32-5)34(30,31)28-19-6-8-20(9-7-19)33-24-14-23(26-17(3)27-24)29-13-12-25-18(29)4/h6-14,28H,1-5H3. The van der Waals surface area contributed by atoms with Crippen LogP contribution in [-0.2, 0) is 10.0 Å². The van der Waals surface area contributed by atoms with E-state index in [0.717, 1.165) is 11.4 Å². The molecule has 0 aliphatic carbocycles. The molecule has 0 amide bonds. The number of nitrogens with zero attached hydrogens (tertiary/aromatic N) is 4. The SMILES string of the molecule is COc1ccc(S(=O)(=O)Nc2ccc(Oc3cc(-n4ccnc4C)nc(C)n3)cc2)c(C)c1C. The number of sulfonamides is 1. The van der Waals surface area contributed by atoms with Gasteiger partial charge in [0.25, 0.3) is 10.0 Å². The molecule has 1 N–H and O–H groups in total. The van der Waals surface area contributed by atoms with Gasteiger partial charge < -0.3 is 9.47 Å². The molecule has 0 atom stereocenters. The maximum absolute atomic E-state index is 13.0. The monoisotopic (exact) mass is 479 g/mol. The number of methoxy groups -OCH3 is 1. The number of benzene rings is 2. The second-order valence-corrected chi connectivity index (χ2v) is 9.35. The zero-order chi connectivity index (χ0) is 24.5. The van der Waals surface area contributed by atoms with Crippen LogP contribution in [0.5, 0.6) is 17.4 Å². The molecule has 10 heteroatoms. The Morgan fingerprint density at radius 3 is 2.32 bits per heavy atom. The Morgan fingerprint density at radius 2 is 1.68 bits per heavy atom. The third-order valence-corrected chi connectivity index (χ3v) is 6.93. The summed E-state index contributed by atoms with van der Waals surface area (Å²) in [5, 5.41) is 0. The molecule has 2 aromatic carbocycles. The first-order valence-electron chi connectivity index (χ1n) is 10.5. The molecule has 0 bridgehead atoms. The summed E-state index contributed by atoms with van der Waals surface area (Å²) in [7, 11) is -2.22. The van der Waals surface area contributed by atoms with Crippen molar-refractivity contribution >= 4 is 15.7 Å². The quantitative estimate of drug-likeness (QED) is 0.416. The highest BCUT2D eigenvalue weighted by atomic mass is 32.2. The Balaban J connectivity index is 1.53. The summed E-state index contributed by atoms with van der Waals surface area (Å²) in [6.45, 7) is 7.25. The van der Waals surface area contributed by atoms with Crippen LogP contribution in [0.4, 0.5) is 5.69 Å². The van der Waals surface area contributed by atoms with Gasteiger partial charge in [-0.05, 0) is 75.2 Å². The van der Waals surface area contributed by atoms with Gasteiger partial charge in [0.15, 0.2) is 0 Å². The second kappa shape index (κ2) is 9.14. The van der Waals surface area contributed by atoms with Gasteiger partial charge in [-0.3, -0.25) is 9.29 Å². The van der Waals surface area contributed by atoms with Gasteiger partial charge in [-0.1, -0.05) is 0 Å². The minimum Gasteiger partial charge on any atom is -0.496 e. The van der Waals surface area contributed by atoms with E-state index in [2.05, 4.69) is 19.7 Å². The third kappa shape index (κ3) is 4.72. The van der Waals surface area contributed by atoms with E-state index in [-0.39, 0.29) is 4.90 Å². The van der Waals surface area contributed by atoms with Crippen molar-refractivity contribution < 1.29 is 17.9 Å². The van der Waals surface area contributed by atoms with E-state index in [1.807, 2.05) is 24.6 Å². The van der Waals surface area contributed by atoms with Crippen LogP contribution in [-0.4, -0.2) is 35.0 Å². The molecule has 0 radical (unpaired) electrons. The lowest BCUT2D eigenvalue weighted by molar-refractivity contribution is 0.410. The van der Waals surface area contributed by atoms with Crippen molar-refractivity contribution in [3.63, 3.8) is 0 Å². The number of anilines is 1. The Hall–Kier alpha value is -3.92. The summed E-state index contributed by atoms with van der Waals surface area (Å²) in [5.74, 6) is 3.51. The van der Waals surface area contributed by atoms with E-state index in [9.17, 15) is 8.42 Å². The van der Waals surface area contributed by atoms with Crippen molar-refractivity contribution in [2.45, 2.75) is 32.6 Å². The zero-order valence-electron chi connectivity index (χ0n) is 19.5. The van der Waals surface area contributed by atoms with Crippen molar-refractivity contribution in [2.24, 2.45) is 0 Å². The summed E-state index contributed by atoms with van der Waals surface area (Å²) in [6.07, 6.45) is 3.51. The summed E-state index contributed by atoms with van der Waals surface area (Å²) in [6, 6.07) is 11.5. The molecule has 0 saturated heterocycles. The predicted octanol–water partition coefficient (Wildman–Crippen LogP) is 4.50. The molecule has 0 unspecified atom stereocenters. The maximum Gasteiger partial charge on any atom is 0.262 e. The lowest BCUT2D eigenvalue weighted by atomic mass is 10.1. The van der Waals surface area contributed by atoms with Crippen molar-refractivity contribution in [3.05, 3.63) is 77.6 Å². The number of aryl methyl sites for hydroxylation is 2. The predicted molar refractivity (Wildman–Crippen MR) is 128 cm³/mol. The van der Waals surface area contributed by atoms with Crippen LogP contribution in [0, 0.1) is 27.7 Å². The number of imidazole rings is 1. The molecule has 0 saturated carbocycles. The largest absolute Gasteiger partial charge is 0.496 e. The molecule has 0 aliphatic rings. The summed E-state index contributed by atoms with van der Waals surface area (Å²) >= 11 is 0. The maximum atomic E-state index is 13.0. The van der Waals surface area contributed by atoms with E-state index >= 15 is 0 Å². The fraction of sp³-hybridized carbons (Fsp3) is 0.208. The fourth-order valence-corrected chi connectivity index (χ4v) is 4.89. The van der Waals surface area contributed by atoms with Gasteiger partial charge in [0, 0.05) is 24.1 Å². The molecule has 4 aromatic rings. The van der Waals surface area contributed by atoms with Crippen molar-refractivity contribution in [2.75, 3.05) is 11.8 Å². The first-order chi connectivity index (χ1) is 16.2. The van der Waals surface area contributed by atoms with E-state index in [1.165, 1.54) is 6.07 Å². The molecular formula is C24H25N5O4S. The molecule has 2 aromatic heterocycles. The van der Waals surface area contributed by atoms with E-state index in [0.29, 0.717) is 40.3 Å². The lowest BCUT2D eigenvalue weighted by Crippen LogP contribution is -2.15. The summed E-state index contributed by atoms with van der Waals surface area (Å²) in [5.41, 5.74) is 1.82. The minimum atomic E-state index is -3.78. The van der Waals surface area contributed by atoms with Gasteiger partial charge in [0.05, 0.1) is 12.0 Å². The normalized spacial score (nSPS) is 11.3. The molecule has 34 heavy (non-hydrogen) atoms. The van der Waals surface area contributed by atoms with Crippen LogP contribution >= 0.6 is 0 Å². The molecule has 0 aliphatic heterocycles. The van der Waals surface area contributed by atoms with Gasteiger partial charge in [-0.25, -0.2) is 18.4 Å². The van der Waals surface area contributed by atoms with Gasteiger partial charge in [-0.15, -0.1) is 0 Å². The number of ether oxygens (including phenoxy) is 2. The van der Waals surface area contributed by atoms with Gasteiger partial charge in [-0.2, -0.15) is 4.98 Å². The zero-order valence-corrected chi connectivity index (χ0v) is 20.3. The number of hydrogen-bond acceptors (Lipinski definition) is 7. The number of aromatic nitrogens is 4. The Morgan fingerprint density at radius 1 is 0.941 bits per heavy atom. The highest BCUT2D eigenvalue weighted by Crippen LogP contribution is 2.29. The van der Waals surface area contributed by atoms with Crippen molar-refractivity contribution in [1.29, 1.82) is 0 Å². The summed E-state index contributed by atoms with van der Waals surface area (Å²) < 4.78 is 41.5. The number of rotatable bonds is 7. The molecule has 176 valence electrons. The van der Waals surface area contributed by atoms with E-state index < -0.39 is 10.0 Å². The highest BCUT2D eigenvalue weighted by Gasteiger charge is 2.20. The first-order valence-corrected chi connectivity index (χ1v) is 12.0. The average molecular weight is 480 g/mol. The van der Waals surface area contributed by atoms with Gasteiger partial charge in [0.2, 0.25) is 5.88 Å². The lowest BCUT2D eigenvalue weighted by Gasteiger charge is -2.14. The van der Waals surface area contributed by atoms with Gasteiger partial charge >= 0.3 is 0 Å². The van der Waals surface area contributed by atoms with Crippen LogP contribution in [0.25, 0.3) is 5.82 Å². The molecule has 4 rings (SSSR count). The molecule has 9 nitrogen and oxygen atoms in total. The van der Waals surface area contributed by atoms with Crippen LogP contribution in [0.3, 0.4) is 0 Å². The van der Waals surface area contributed by atoms with Gasteiger partial charge in [0.1, 0.15) is 29.0 Å². The molecule has 2 heterocycles. The molecule has 0 fully saturated rings. The number of hydrogen-bond donors (Lipinski definition) is 1. The van der Waals surface area contributed by atoms with Crippen LogP contribution in [0.2, 0.25) is 0 Å². The van der Waals surface area contributed by atoms with Crippen molar-refractivity contribution in [3.8, 4) is 23.2 Å². The highest BCUT2D eigenvalue weighted by molar-refractivity contribution is 7.92. The number of nitrogens with one attached hydrogen (secondary N) is 1. The topological polar surface area (TPSA) is 108 Å². The first kappa shape index (κ1) is 23.2. The third-order valence-electron chi connectivity index (χ3n) is 5.40. The Kier molecular flexibility index (Phi) is 6.25.